The number of Topliss-reactive ketones (excluding diaryl/α,β-unsaturated/α-hetero) is 1. The minimum atomic E-state index is -0.358. The summed E-state index contributed by atoms with van der Waals surface area (Å²) in [5.41, 5.74) is 1.12. The molecular weight excluding hydrogens is 196 g/mol. The monoisotopic (exact) mass is 208 g/mol. The molecule has 0 unspecified atom stereocenters. The number of thiol groups is 1. The van der Waals surface area contributed by atoms with Gasteiger partial charge in [-0.15, -0.1) is 12.6 Å². The molecule has 0 aliphatic carbocycles. The van der Waals surface area contributed by atoms with Gasteiger partial charge in [-0.1, -0.05) is 30.3 Å². The van der Waals surface area contributed by atoms with Crippen LogP contribution in [0.25, 0.3) is 0 Å². The van der Waals surface area contributed by atoms with Crippen LogP contribution in [-0.4, -0.2) is 10.9 Å². The lowest BCUT2D eigenvalue weighted by Crippen LogP contribution is -2.03. The summed E-state index contributed by atoms with van der Waals surface area (Å²) in [5, 5.41) is -0.358. The molecule has 1 rings (SSSR count). The van der Waals surface area contributed by atoms with Gasteiger partial charge in [-0.25, -0.2) is 0 Å². The first-order chi connectivity index (χ1) is 6.68. The maximum absolute atomic E-state index is 11.2. The molecule has 74 valence electrons. The molecule has 0 bridgehead atoms. The number of aryl methyl sites for hydroxylation is 1. The van der Waals surface area contributed by atoms with Crippen LogP contribution in [0.4, 0.5) is 0 Å². The van der Waals surface area contributed by atoms with Crippen molar-refractivity contribution in [2.45, 2.75) is 19.3 Å². The lowest BCUT2D eigenvalue weighted by Gasteiger charge is -1.98. The summed E-state index contributed by atoms with van der Waals surface area (Å²) < 4.78 is 0. The first kappa shape index (κ1) is 11.0. The van der Waals surface area contributed by atoms with E-state index in [1.165, 1.54) is 0 Å². The topological polar surface area (TPSA) is 34.1 Å². The fraction of sp³-hybridized carbons (Fsp3) is 0.273. The van der Waals surface area contributed by atoms with Crippen LogP contribution in [-0.2, 0) is 16.0 Å². The Bertz CT molecular complexity index is 319. The van der Waals surface area contributed by atoms with Crippen LogP contribution >= 0.6 is 12.6 Å². The fourth-order valence-electron chi connectivity index (χ4n) is 1.19. The molecule has 0 saturated carbocycles. The van der Waals surface area contributed by atoms with Crippen molar-refractivity contribution in [2.24, 2.45) is 0 Å². The largest absolute Gasteiger partial charge is 0.299 e. The third kappa shape index (κ3) is 4.23. The van der Waals surface area contributed by atoms with Crippen LogP contribution in [0.15, 0.2) is 30.3 Å². The standard InChI is InChI=1S/C11H12O2S/c12-10(8-11(13)14)7-6-9-4-2-1-3-5-9/h1-5H,6-8H2,(H,13,14). The van der Waals surface area contributed by atoms with Crippen LogP contribution in [0.5, 0.6) is 0 Å². The van der Waals surface area contributed by atoms with E-state index in [0.717, 1.165) is 5.56 Å². The number of carbonyl (C=O) groups excluding carboxylic acids is 2. The molecule has 0 heterocycles. The lowest BCUT2D eigenvalue weighted by atomic mass is 10.1. The van der Waals surface area contributed by atoms with Crippen LogP contribution in [0.2, 0.25) is 0 Å². The molecule has 3 heteroatoms. The van der Waals surface area contributed by atoms with Crippen molar-refractivity contribution in [1.29, 1.82) is 0 Å². The van der Waals surface area contributed by atoms with E-state index in [0.29, 0.717) is 12.8 Å². The first-order valence-electron chi connectivity index (χ1n) is 4.46. The van der Waals surface area contributed by atoms with E-state index in [2.05, 4.69) is 12.6 Å². The quantitative estimate of drug-likeness (QED) is 0.593. The zero-order valence-corrected chi connectivity index (χ0v) is 8.67. The molecule has 0 aliphatic heterocycles. The zero-order valence-electron chi connectivity index (χ0n) is 7.77. The fourth-order valence-corrected chi connectivity index (χ4v) is 1.36. The number of hydrogen-bond donors (Lipinski definition) is 1. The molecule has 0 atom stereocenters. The SMILES string of the molecule is O=C(S)CC(=O)CCc1ccccc1. The molecular formula is C11H12O2S. The highest BCUT2D eigenvalue weighted by Gasteiger charge is 2.05. The number of hydrogen-bond acceptors (Lipinski definition) is 2. The molecule has 1 aromatic carbocycles. The van der Waals surface area contributed by atoms with Gasteiger partial charge in [0.1, 0.15) is 5.78 Å². The van der Waals surface area contributed by atoms with Crippen LogP contribution in [0.3, 0.4) is 0 Å². The molecule has 1 aromatic rings. The molecule has 0 spiro atoms. The van der Waals surface area contributed by atoms with Crippen molar-refractivity contribution < 1.29 is 9.59 Å². The average Bonchev–Trinajstić information content (AvgIpc) is 2.15. The zero-order chi connectivity index (χ0) is 10.4. The summed E-state index contributed by atoms with van der Waals surface area (Å²) in [5.74, 6) is -0.0474. The highest BCUT2D eigenvalue weighted by molar-refractivity contribution is 7.96. The Morgan fingerprint density at radius 3 is 2.36 bits per heavy atom. The second-order valence-electron chi connectivity index (χ2n) is 3.09. The van der Waals surface area contributed by atoms with Crippen LogP contribution in [0.1, 0.15) is 18.4 Å². The minimum absolute atomic E-state index is 0.0474. The number of rotatable bonds is 5. The average molecular weight is 208 g/mol. The molecule has 0 N–H and O–H groups in total. The van der Waals surface area contributed by atoms with Gasteiger partial charge < -0.3 is 0 Å². The maximum Gasteiger partial charge on any atom is 0.193 e. The third-order valence-corrected chi connectivity index (χ3v) is 2.04. The third-order valence-electron chi connectivity index (χ3n) is 1.88. The minimum Gasteiger partial charge on any atom is -0.299 e. The number of benzene rings is 1. The van der Waals surface area contributed by atoms with E-state index < -0.39 is 0 Å². The van der Waals surface area contributed by atoms with Crippen molar-refractivity contribution in [1.82, 2.24) is 0 Å². The molecule has 14 heavy (non-hydrogen) atoms. The van der Waals surface area contributed by atoms with Gasteiger partial charge in [-0.2, -0.15) is 0 Å². The molecule has 2 nitrogen and oxygen atoms in total. The van der Waals surface area contributed by atoms with E-state index in [1.807, 2.05) is 30.3 Å². The summed E-state index contributed by atoms with van der Waals surface area (Å²) in [4.78, 5) is 21.7. The Morgan fingerprint density at radius 2 is 1.79 bits per heavy atom. The van der Waals surface area contributed by atoms with Gasteiger partial charge in [0.05, 0.1) is 6.42 Å². The molecule has 0 saturated heterocycles. The smallest absolute Gasteiger partial charge is 0.193 e. The second-order valence-corrected chi connectivity index (χ2v) is 3.59. The molecule has 0 aliphatic rings. The summed E-state index contributed by atoms with van der Waals surface area (Å²) in [6, 6.07) is 9.74. The normalized spacial score (nSPS) is 9.79. The second kappa shape index (κ2) is 5.60. The Kier molecular flexibility index (Phi) is 4.40. The van der Waals surface area contributed by atoms with Crippen molar-refractivity contribution in [3.8, 4) is 0 Å². The predicted octanol–water partition coefficient (Wildman–Crippen LogP) is 2.03. The number of ketones is 1. The molecule has 0 amide bonds. The summed E-state index contributed by atoms with van der Waals surface area (Å²) in [7, 11) is 0. The Hall–Kier alpha value is -1.09. The summed E-state index contributed by atoms with van der Waals surface area (Å²) in [6.07, 6.45) is 1.05. The van der Waals surface area contributed by atoms with Gasteiger partial charge in [0.15, 0.2) is 5.12 Å². The van der Waals surface area contributed by atoms with Crippen LogP contribution in [0, 0.1) is 0 Å². The summed E-state index contributed by atoms with van der Waals surface area (Å²) >= 11 is 3.56. The van der Waals surface area contributed by atoms with Gasteiger partial charge in [0.25, 0.3) is 0 Å². The highest BCUT2D eigenvalue weighted by atomic mass is 32.1. The van der Waals surface area contributed by atoms with Gasteiger partial charge in [-0.05, 0) is 12.0 Å². The Morgan fingerprint density at radius 1 is 1.14 bits per heavy atom. The molecule has 0 fully saturated rings. The lowest BCUT2D eigenvalue weighted by molar-refractivity contribution is -0.123. The van der Waals surface area contributed by atoms with Gasteiger partial charge >= 0.3 is 0 Å². The molecule has 0 radical (unpaired) electrons. The highest BCUT2D eigenvalue weighted by Crippen LogP contribution is 2.04. The predicted molar refractivity (Wildman–Crippen MR) is 58.4 cm³/mol. The van der Waals surface area contributed by atoms with Gasteiger partial charge in [0, 0.05) is 6.42 Å². The van der Waals surface area contributed by atoms with E-state index in [9.17, 15) is 9.59 Å². The van der Waals surface area contributed by atoms with Crippen molar-refractivity contribution in [2.75, 3.05) is 0 Å². The van der Waals surface area contributed by atoms with E-state index in [4.69, 9.17) is 0 Å². The number of carbonyl (C=O) groups is 2. The van der Waals surface area contributed by atoms with Gasteiger partial charge in [0.2, 0.25) is 0 Å². The van der Waals surface area contributed by atoms with Crippen molar-refractivity contribution in [3.63, 3.8) is 0 Å². The van der Waals surface area contributed by atoms with E-state index in [-0.39, 0.29) is 17.3 Å². The van der Waals surface area contributed by atoms with Crippen molar-refractivity contribution >= 4 is 23.5 Å². The Balaban J connectivity index is 2.34. The Labute approximate surface area is 88.7 Å². The molecule has 0 aromatic heterocycles. The summed E-state index contributed by atoms with van der Waals surface area (Å²) in [6.45, 7) is 0. The van der Waals surface area contributed by atoms with E-state index >= 15 is 0 Å². The van der Waals surface area contributed by atoms with Crippen molar-refractivity contribution in [3.05, 3.63) is 35.9 Å². The first-order valence-corrected chi connectivity index (χ1v) is 4.90. The maximum atomic E-state index is 11.2. The van der Waals surface area contributed by atoms with Crippen LogP contribution < -0.4 is 0 Å². The van der Waals surface area contributed by atoms with Gasteiger partial charge in [-0.3, -0.25) is 9.59 Å². The van der Waals surface area contributed by atoms with E-state index in [1.54, 1.807) is 0 Å².